The van der Waals surface area contributed by atoms with E-state index in [1.54, 1.807) is 25.0 Å². The fourth-order valence-corrected chi connectivity index (χ4v) is 3.81. The molecule has 4 rings (SSSR count). The highest BCUT2D eigenvalue weighted by Gasteiger charge is 2.38. The van der Waals surface area contributed by atoms with Gasteiger partial charge in [-0.2, -0.15) is 0 Å². The van der Waals surface area contributed by atoms with Gasteiger partial charge in [0.05, 0.1) is 31.1 Å². The molecule has 0 fully saturated rings. The van der Waals surface area contributed by atoms with Gasteiger partial charge in [0.1, 0.15) is 5.75 Å². The Balaban J connectivity index is 1.93. The first-order chi connectivity index (χ1) is 14.6. The van der Waals surface area contributed by atoms with Gasteiger partial charge in [-0.15, -0.1) is 0 Å². The largest absolute Gasteiger partial charge is 0.496 e. The molecule has 1 heterocycles. The van der Waals surface area contributed by atoms with Crippen LogP contribution in [0.2, 0.25) is 0 Å². The van der Waals surface area contributed by atoms with Gasteiger partial charge in [0.2, 0.25) is 0 Å². The molecule has 0 aromatic heterocycles. The summed E-state index contributed by atoms with van der Waals surface area (Å²) in [6.07, 6.45) is 1.68. The third-order valence-electron chi connectivity index (χ3n) is 5.24. The number of para-hydroxylation sites is 1. The second kappa shape index (κ2) is 7.87. The highest BCUT2D eigenvalue weighted by Crippen LogP contribution is 2.39. The highest BCUT2D eigenvalue weighted by atomic mass is 16.5. The number of hydrogen-bond acceptors (Lipinski definition) is 4. The topological polar surface area (TPSA) is 55.8 Å². The van der Waals surface area contributed by atoms with Crippen LogP contribution in [0.15, 0.2) is 83.6 Å². The molecule has 0 bridgehead atoms. The molecule has 3 aromatic carbocycles. The predicted octanol–water partition coefficient (Wildman–Crippen LogP) is 4.73. The number of allylic oxidation sites excluding steroid dienone is 1. The van der Waals surface area contributed by atoms with Crippen LogP contribution in [0.1, 0.15) is 12.5 Å². The summed E-state index contributed by atoms with van der Waals surface area (Å²) in [4.78, 5) is 27.8. The lowest BCUT2D eigenvalue weighted by atomic mass is 10.0. The second-order valence-corrected chi connectivity index (χ2v) is 6.89. The van der Waals surface area contributed by atoms with Gasteiger partial charge in [0, 0.05) is 16.6 Å². The van der Waals surface area contributed by atoms with Gasteiger partial charge in [-0.05, 0) is 30.5 Å². The monoisotopic (exact) mass is 399 g/mol. The molecule has 0 unspecified atom stereocenters. The number of carbonyl (C=O) groups is 2. The Kier molecular flexibility index (Phi) is 5.11. The summed E-state index contributed by atoms with van der Waals surface area (Å²) in [6, 6.07) is 21.0. The van der Waals surface area contributed by atoms with Crippen LogP contribution in [0.4, 0.5) is 5.69 Å². The van der Waals surface area contributed by atoms with Crippen LogP contribution in [0.25, 0.3) is 16.8 Å². The van der Waals surface area contributed by atoms with E-state index < -0.39 is 5.97 Å². The van der Waals surface area contributed by atoms with Gasteiger partial charge >= 0.3 is 5.97 Å². The summed E-state index contributed by atoms with van der Waals surface area (Å²) in [7, 11) is 2.88. The molecule has 1 amide bonds. The summed E-state index contributed by atoms with van der Waals surface area (Å²) >= 11 is 0. The Morgan fingerprint density at radius 1 is 0.933 bits per heavy atom. The zero-order valence-electron chi connectivity index (χ0n) is 17.0. The van der Waals surface area contributed by atoms with Crippen molar-refractivity contribution in [3.8, 4) is 5.75 Å². The number of rotatable bonds is 4. The van der Waals surface area contributed by atoms with Crippen LogP contribution in [-0.2, 0) is 14.3 Å². The van der Waals surface area contributed by atoms with E-state index in [2.05, 4.69) is 0 Å². The summed E-state index contributed by atoms with van der Waals surface area (Å²) in [5, 5.41) is 1.94. The van der Waals surface area contributed by atoms with Crippen molar-refractivity contribution < 1.29 is 19.1 Å². The molecular formula is C25H21NO4. The first-order valence-electron chi connectivity index (χ1n) is 9.53. The number of esters is 1. The highest BCUT2D eigenvalue weighted by molar-refractivity contribution is 6.25. The fourth-order valence-electron chi connectivity index (χ4n) is 3.81. The first-order valence-corrected chi connectivity index (χ1v) is 9.53. The number of amides is 1. The van der Waals surface area contributed by atoms with Crippen molar-refractivity contribution in [2.45, 2.75) is 6.92 Å². The molecule has 5 heteroatoms. The Morgan fingerprint density at radius 3 is 2.40 bits per heavy atom. The van der Waals surface area contributed by atoms with Gasteiger partial charge in [-0.1, -0.05) is 54.6 Å². The predicted molar refractivity (Wildman–Crippen MR) is 117 cm³/mol. The first kappa shape index (κ1) is 19.5. The quantitative estimate of drug-likeness (QED) is 0.470. The molecule has 0 spiro atoms. The van der Waals surface area contributed by atoms with Gasteiger partial charge in [0.25, 0.3) is 5.91 Å². The van der Waals surface area contributed by atoms with E-state index in [9.17, 15) is 9.59 Å². The lowest BCUT2D eigenvalue weighted by Crippen LogP contribution is -2.24. The van der Waals surface area contributed by atoms with Crippen molar-refractivity contribution in [2.75, 3.05) is 19.1 Å². The Hall–Kier alpha value is -3.86. The molecule has 1 aliphatic heterocycles. The Morgan fingerprint density at radius 2 is 1.63 bits per heavy atom. The van der Waals surface area contributed by atoms with Gasteiger partial charge in [-0.25, -0.2) is 4.79 Å². The van der Waals surface area contributed by atoms with E-state index in [4.69, 9.17) is 9.47 Å². The number of ether oxygens (including phenoxy) is 2. The SMILES string of the molecule is COC(=O)C1=C(C)N(c2cccc3ccccc23)C(=O)/C1=C\c1ccccc1OC. The third-order valence-corrected chi connectivity index (χ3v) is 5.24. The molecule has 0 N–H and O–H groups in total. The van der Waals surface area contributed by atoms with E-state index in [1.165, 1.54) is 7.11 Å². The van der Waals surface area contributed by atoms with Crippen molar-refractivity contribution in [3.05, 3.63) is 89.1 Å². The molecule has 3 aromatic rings. The molecule has 0 atom stereocenters. The molecule has 0 aliphatic carbocycles. The molecular weight excluding hydrogens is 378 g/mol. The standard InChI is InChI=1S/C25H21NO4/c1-16-23(25(28)30-3)20(15-18-10-5-7-14-22(18)29-2)24(27)26(16)21-13-8-11-17-9-4-6-12-19(17)21/h4-15H,1-3H3/b20-15-. The van der Waals surface area contributed by atoms with Crippen LogP contribution in [-0.4, -0.2) is 26.1 Å². The average Bonchev–Trinajstić information content (AvgIpc) is 3.02. The van der Waals surface area contributed by atoms with Crippen molar-refractivity contribution in [1.29, 1.82) is 0 Å². The summed E-state index contributed by atoms with van der Waals surface area (Å²) in [5.74, 6) is -0.219. The van der Waals surface area contributed by atoms with Crippen molar-refractivity contribution in [2.24, 2.45) is 0 Å². The van der Waals surface area contributed by atoms with Crippen LogP contribution >= 0.6 is 0 Å². The minimum Gasteiger partial charge on any atom is -0.496 e. The summed E-state index contributed by atoms with van der Waals surface area (Å²) < 4.78 is 10.4. The van der Waals surface area contributed by atoms with Crippen molar-refractivity contribution in [3.63, 3.8) is 0 Å². The minimum absolute atomic E-state index is 0.251. The van der Waals surface area contributed by atoms with Gasteiger partial charge in [0.15, 0.2) is 0 Å². The molecule has 0 saturated heterocycles. The lowest BCUT2D eigenvalue weighted by molar-refractivity contribution is -0.136. The third kappa shape index (κ3) is 3.14. The number of carbonyl (C=O) groups excluding carboxylic acids is 2. The van der Waals surface area contributed by atoms with Crippen LogP contribution in [0.3, 0.4) is 0 Å². The maximum Gasteiger partial charge on any atom is 0.340 e. The number of benzene rings is 3. The maximum absolute atomic E-state index is 13.6. The minimum atomic E-state index is -0.551. The molecule has 1 aliphatic rings. The number of anilines is 1. The zero-order chi connectivity index (χ0) is 21.3. The number of nitrogens with zero attached hydrogens (tertiary/aromatic N) is 1. The Labute approximate surface area is 174 Å². The van der Waals surface area contributed by atoms with E-state index in [0.717, 1.165) is 16.5 Å². The normalized spacial score (nSPS) is 15.2. The van der Waals surface area contributed by atoms with Crippen LogP contribution in [0.5, 0.6) is 5.75 Å². The second-order valence-electron chi connectivity index (χ2n) is 6.89. The van der Waals surface area contributed by atoms with Gasteiger partial charge in [-0.3, -0.25) is 9.69 Å². The van der Waals surface area contributed by atoms with Gasteiger partial charge < -0.3 is 9.47 Å². The average molecular weight is 399 g/mol. The van der Waals surface area contributed by atoms with E-state index in [-0.39, 0.29) is 17.1 Å². The lowest BCUT2D eigenvalue weighted by Gasteiger charge is -2.20. The molecule has 150 valence electrons. The smallest absolute Gasteiger partial charge is 0.340 e. The van der Waals surface area contributed by atoms with E-state index in [0.29, 0.717) is 17.0 Å². The van der Waals surface area contributed by atoms with Crippen molar-refractivity contribution >= 4 is 34.4 Å². The molecule has 5 nitrogen and oxygen atoms in total. The number of fused-ring (bicyclic) bond motifs is 1. The van der Waals surface area contributed by atoms with Crippen LogP contribution < -0.4 is 9.64 Å². The maximum atomic E-state index is 13.6. The number of methoxy groups -OCH3 is 2. The van der Waals surface area contributed by atoms with E-state index >= 15 is 0 Å². The zero-order valence-corrected chi connectivity index (χ0v) is 17.0. The molecule has 30 heavy (non-hydrogen) atoms. The van der Waals surface area contributed by atoms with Crippen molar-refractivity contribution in [1.82, 2.24) is 0 Å². The molecule has 0 radical (unpaired) electrons. The molecule has 0 saturated carbocycles. The van der Waals surface area contributed by atoms with E-state index in [1.807, 2.05) is 66.7 Å². The number of hydrogen-bond donors (Lipinski definition) is 0. The fraction of sp³-hybridized carbons (Fsp3) is 0.120. The summed E-state index contributed by atoms with van der Waals surface area (Å²) in [6.45, 7) is 1.76. The summed E-state index contributed by atoms with van der Waals surface area (Å²) in [5.41, 5.74) is 2.49. The Bertz CT molecular complexity index is 1220. The van der Waals surface area contributed by atoms with Crippen LogP contribution in [0, 0.1) is 0 Å².